The second kappa shape index (κ2) is 6.55. The first-order valence-corrected chi connectivity index (χ1v) is 8.08. The Kier molecular flexibility index (Phi) is 5.00. The lowest BCUT2D eigenvalue weighted by Gasteiger charge is -2.27. The maximum atomic E-state index is 4.83. The van der Waals surface area contributed by atoms with Gasteiger partial charge in [0.1, 0.15) is 10.6 Å². The summed E-state index contributed by atoms with van der Waals surface area (Å²) in [5.74, 6) is 1.74. The van der Waals surface area contributed by atoms with Crippen LogP contribution in [0.4, 0.5) is 5.82 Å². The van der Waals surface area contributed by atoms with Gasteiger partial charge >= 0.3 is 0 Å². The molecule has 0 aromatic carbocycles. The SMILES string of the molecule is CCN(CC(C)CN(C)C)c1ccc2cc(C)sc2n1. The lowest BCUT2D eigenvalue weighted by atomic mass is 10.1. The Bertz CT molecular complexity index is 562. The fourth-order valence-corrected chi connectivity index (χ4v) is 3.53. The highest BCUT2D eigenvalue weighted by atomic mass is 32.1. The van der Waals surface area contributed by atoms with Crippen LogP contribution in [0.25, 0.3) is 10.2 Å². The third kappa shape index (κ3) is 3.70. The van der Waals surface area contributed by atoms with Crippen LogP contribution in [0.15, 0.2) is 18.2 Å². The number of pyridine rings is 1. The largest absolute Gasteiger partial charge is 0.357 e. The second-order valence-electron chi connectivity index (χ2n) is 5.83. The number of hydrogen-bond acceptors (Lipinski definition) is 4. The second-order valence-corrected chi connectivity index (χ2v) is 7.06. The lowest BCUT2D eigenvalue weighted by molar-refractivity contribution is 0.340. The van der Waals surface area contributed by atoms with Gasteiger partial charge in [-0.1, -0.05) is 6.92 Å². The van der Waals surface area contributed by atoms with Gasteiger partial charge in [0.15, 0.2) is 0 Å². The third-order valence-electron chi connectivity index (χ3n) is 3.41. The Labute approximate surface area is 126 Å². The van der Waals surface area contributed by atoms with Gasteiger partial charge in [-0.05, 0) is 52.1 Å². The number of thiophene rings is 1. The summed E-state index contributed by atoms with van der Waals surface area (Å²) in [6, 6.07) is 6.56. The van der Waals surface area contributed by atoms with E-state index >= 15 is 0 Å². The van der Waals surface area contributed by atoms with Crippen molar-refractivity contribution in [1.82, 2.24) is 9.88 Å². The van der Waals surface area contributed by atoms with E-state index in [9.17, 15) is 0 Å². The third-order valence-corrected chi connectivity index (χ3v) is 4.37. The standard InChI is InChI=1S/C16H25N3S/c1-6-19(11-12(2)10-18(4)5)15-8-7-14-9-13(3)20-16(14)17-15/h7-9,12H,6,10-11H2,1-5H3. The molecule has 1 atom stereocenters. The molecule has 0 aliphatic carbocycles. The van der Waals surface area contributed by atoms with E-state index in [1.54, 1.807) is 11.3 Å². The Morgan fingerprint density at radius 3 is 2.65 bits per heavy atom. The first kappa shape index (κ1) is 15.3. The molecule has 2 rings (SSSR count). The van der Waals surface area contributed by atoms with Gasteiger partial charge in [-0.2, -0.15) is 0 Å². The van der Waals surface area contributed by atoms with Gasteiger partial charge in [-0.3, -0.25) is 0 Å². The summed E-state index contributed by atoms with van der Waals surface area (Å²) in [5, 5.41) is 1.26. The van der Waals surface area contributed by atoms with Gasteiger partial charge < -0.3 is 9.80 Å². The molecule has 2 aromatic rings. The summed E-state index contributed by atoms with van der Waals surface area (Å²) in [6.45, 7) is 9.81. The van der Waals surface area contributed by atoms with E-state index in [4.69, 9.17) is 4.98 Å². The van der Waals surface area contributed by atoms with Crippen LogP contribution in [0.1, 0.15) is 18.7 Å². The average molecular weight is 291 g/mol. The van der Waals surface area contributed by atoms with Crippen LogP contribution < -0.4 is 4.90 Å². The zero-order valence-electron chi connectivity index (χ0n) is 13.2. The number of aryl methyl sites for hydroxylation is 1. The van der Waals surface area contributed by atoms with Crippen molar-refractivity contribution in [2.45, 2.75) is 20.8 Å². The van der Waals surface area contributed by atoms with Crippen LogP contribution in [0.2, 0.25) is 0 Å². The minimum Gasteiger partial charge on any atom is -0.357 e. The van der Waals surface area contributed by atoms with Crippen molar-refractivity contribution in [2.75, 3.05) is 38.6 Å². The number of anilines is 1. The van der Waals surface area contributed by atoms with E-state index in [-0.39, 0.29) is 0 Å². The molecule has 0 amide bonds. The van der Waals surface area contributed by atoms with Crippen molar-refractivity contribution in [2.24, 2.45) is 5.92 Å². The van der Waals surface area contributed by atoms with Crippen LogP contribution in [0.5, 0.6) is 0 Å². The number of aromatic nitrogens is 1. The zero-order chi connectivity index (χ0) is 14.7. The van der Waals surface area contributed by atoms with Crippen LogP contribution in [0.3, 0.4) is 0 Å². The van der Waals surface area contributed by atoms with Gasteiger partial charge in [0, 0.05) is 29.9 Å². The molecule has 2 heterocycles. The normalized spacial score (nSPS) is 13.1. The van der Waals surface area contributed by atoms with E-state index in [0.717, 1.165) is 30.3 Å². The molecule has 110 valence electrons. The molecule has 4 heteroatoms. The molecule has 0 aliphatic rings. The van der Waals surface area contributed by atoms with Gasteiger partial charge in [0.2, 0.25) is 0 Å². The molecule has 0 bridgehead atoms. The van der Waals surface area contributed by atoms with E-state index in [1.807, 2.05) is 0 Å². The zero-order valence-corrected chi connectivity index (χ0v) is 14.0. The highest BCUT2D eigenvalue weighted by Crippen LogP contribution is 2.26. The maximum absolute atomic E-state index is 4.83. The number of fused-ring (bicyclic) bond motifs is 1. The Morgan fingerprint density at radius 2 is 2.00 bits per heavy atom. The van der Waals surface area contributed by atoms with Crippen molar-refractivity contribution in [1.29, 1.82) is 0 Å². The van der Waals surface area contributed by atoms with E-state index in [0.29, 0.717) is 5.92 Å². The fourth-order valence-electron chi connectivity index (χ4n) is 2.65. The molecule has 0 aliphatic heterocycles. The summed E-state index contributed by atoms with van der Waals surface area (Å²) < 4.78 is 0. The van der Waals surface area contributed by atoms with Gasteiger partial charge in [-0.25, -0.2) is 4.98 Å². The highest BCUT2D eigenvalue weighted by molar-refractivity contribution is 7.18. The molecular formula is C16H25N3S. The number of nitrogens with zero attached hydrogens (tertiary/aromatic N) is 3. The van der Waals surface area contributed by atoms with Crippen molar-refractivity contribution >= 4 is 27.4 Å². The molecule has 3 nitrogen and oxygen atoms in total. The van der Waals surface area contributed by atoms with Crippen LogP contribution in [-0.2, 0) is 0 Å². The van der Waals surface area contributed by atoms with Crippen molar-refractivity contribution in [3.63, 3.8) is 0 Å². The predicted molar refractivity (Wildman–Crippen MR) is 90.0 cm³/mol. The smallest absolute Gasteiger partial charge is 0.130 e. The molecule has 1 unspecified atom stereocenters. The molecular weight excluding hydrogens is 266 g/mol. The van der Waals surface area contributed by atoms with E-state index in [2.05, 4.69) is 62.9 Å². The van der Waals surface area contributed by atoms with Gasteiger partial charge in [-0.15, -0.1) is 11.3 Å². The summed E-state index contributed by atoms with van der Waals surface area (Å²) in [5.41, 5.74) is 0. The molecule has 0 fully saturated rings. The van der Waals surface area contributed by atoms with Crippen LogP contribution >= 0.6 is 11.3 Å². The van der Waals surface area contributed by atoms with E-state index < -0.39 is 0 Å². The number of rotatable bonds is 6. The summed E-state index contributed by atoms with van der Waals surface area (Å²) in [6.07, 6.45) is 0. The Morgan fingerprint density at radius 1 is 1.25 bits per heavy atom. The number of hydrogen-bond donors (Lipinski definition) is 0. The van der Waals surface area contributed by atoms with Crippen molar-refractivity contribution < 1.29 is 0 Å². The molecule has 0 saturated heterocycles. The lowest BCUT2D eigenvalue weighted by Crippen LogP contribution is -2.33. The average Bonchev–Trinajstić information content (AvgIpc) is 2.74. The molecule has 0 spiro atoms. The van der Waals surface area contributed by atoms with Gasteiger partial charge in [0.05, 0.1) is 0 Å². The van der Waals surface area contributed by atoms with Crippen molar-refractivity contribution in [3.8, 4) is 0 Å². The quantitative estimate of drug-likeness (QED) is 0.810. The summed E-state index contributed by atoms with van der Waals surface area (Å²) in [4.78, 5) is 11.9. The summed E-state index contributed by atoms with van der Waals surface area (Å²) >= 11 is 1.78. The fraction of sp³-hybridized carbons (Fsp3) is 0.562. The van der Waals surface area contributed by atoms with Crippen LogP contribution in [-0.4, -0.2) is 43.6 Å². The minimum atomic E-state index is 0.632. The highest BCUT2D eigenvalue weighted by Gasteiger charge is 2.12. The Hall–Kier alpha value is -1.13. The first-order chi connectivity index (χ1) is 9.49. The van der Waals surface area contributed by atoms with Crippen molar-refractivity contribution in [3.05, 3.63) is 23.1 Å². The molecule has 0 saturated carbocycles. The minimum absolute atomic E-state index is 0.632. The molecule has 0 radical (unpaired) electrons. The summed E-state index contributed by atoms with van der Waals surface area (Å²) in [7, 11) is 4.26. The predicted octanol–water partition coefficient (Wildman–Crippen LogP) is 3.63. The monoisotopic (exact) mass is 291 g/mol. The molecule has 20 heavy (non-hydrogen) atoms. The topological polar surface area (TPSA) is 19.4 Å². The molecule has 0 N–H and O–H groups in total. The molecule has 2 aromatic heterocycles. The maximum Gasteiger partial charge on any atom is 0.130 e. The van der Waals surface area contributed by atoms with E-state index in [1.165, 1.54) is 10.3 Å². The van der Waals surface area contributed by atoms with Crippen LogP contribution in [0, 0.1) is 12.8 Å². The first-order valence-electron chi connectivity index (χ1n) is 7.26. The van der Waals surface area contributed by atoms with Gasteiger partial charge in [0.25, 0.3) is 0 Å². The Balaban J connectivity index is 2.16.